The van der Waals surface area contributed by atoms with Crippen LogP contribution in [0.3, 0.4) is 0 Å². The van der Waals surface area contributed by atoms with Crippen LogP contribution in [0.2, 0.25) is 0 Å². The maximum atomic E-state index is 15.6. The predicted molar refractivity (Wildman–Crippen MR) is 161 cm³/mol. The van der Waals surface area contributed by atoms with E-state index < -0.39 is 84.3 Å². The molecule has 5 N–H and O–H groups in total. The standard InChI is InChI=1S/C27H29F4N6O7PS/c1-13(2)42-21(39)14(3)36-45(46,44-17-10-6-8-15-7-4-5-9-16(15)17)41-11-26(23(28)29)22(40)27(30,31)24(43-26)37-12-33-18-19(37)34-25(32)35-20(18)38/h4-10,12-14,22-24,40H,11H2,1-3H3,(H,36,46)(H3,32,34,35,38)/t14-,22+,24+,26+,45?/m0/s1. The molecule has 1 saturated heterocycles. The third kappa shape index (κ3) is 6.20. The first kappa shape index (κ1) is 33.7. The van der Waals surface area contributed by atoms with Gasteiger partial charge in [0.05, 0.1) is 19.0 Å². The first-order valence-corrected chi connectivity index (χ1v) is 16.4. The summed E-state index contributed by atoms with van der Waals surface area (Å²) in [7, 11) is 0. The Balaban J connectivity index is 1.51. The van der Waals surface area contributed by atoms with Crippen LogP contribution in [0.1, 0.15) is 27.0 Å². The van der Waals surface area contributed by atoms with Gasteiger partial charge in [-0.15, -0.1) is 0 Å². The van der Waals surface area contributed by atoms with E-state index in [1.54, 1.807) is 50.2 Å². The first-order valence-electron chi connectivity index (χ1n) is 13.7. The second-order valence-corrected chi connectivity index (χ2v) is 13.9. The van der Waals surface area contributed by atoms with E-state index in [1.807, 2.05) is 0 Å². The third-order valence-corrected chi connectivity index (χ3v) is 9.51. The zero-order valence-corrected chi connectivity index (χ0v) is 26.1. The molecule has 0 spiro atoms. The molecule has 19 heteroatoms. The quantitative estimate of drug-likeness (QED) is 0.102. The van der Waals surface area contributed by atoms with Gasteiger partial charge in [0, 0.05) is 5.39 Å². The van der Waals surface area contributed by atoms with Gasteiger partial charge >= 0.3 is 18.5 Å². The van der Waals surface area contributed by atoms with Gasteiger partial charge in [-0.1, -0.05) is 36.4 Å². The zero-order valence-electron chi connectivity index (χ0n) is 24.4. The normalized spacial score (nSPS) is 23.2. The minimum Gasteiger partial charge on any atom is -0.462 e. The molecule has 1 aliphatic heterocycles. The number of nitrogens with one attached hydrogen (secondary N) is 2. The van der Waals surface area contributed by atoms with Crippen molar-refractivity contribution in [2.75, 3.05) is 12.3 Å². The Hall–Kier alpha value is -3.67. The average molecular weight is 689 g/mol. The average Bonchev–Trinajstić information content (AvgIpc) is 3.48. The predicted octanol–water partition coefficient (Wildman–Crippen LogP) is 3.63. The molecular weight excluding hydrogens is 659 g/mol. The smallest absolute Gasteiger partial charge is 0.323 e. The molecule has 0 amide bonds. The maximum absolute atomic E-state index is 15.6. The number of benzene rings is 2. The molecule has 248 valence electrons. The summed E-state index contributed by atoms with van der Waals surface area (Å²) in [6, 6.07) is 10.7. The Labute approximate surface area is 263 Å². The molecule has 2 aromatic carbocycles. The summed E-state index contributed by atoms with van der Waals surface area (Å²) < 4.78 is 83.6. The number of hydrogen-bond acceptors (Lipinski definition) is 11. The molecule has 0 radical (unpaired) electrons. The van der Waals surface area contributed by atoms with Gasteiger partial charge in [-0.3, -0.25) is 19.1 Å². The number of esters is 1. The van der Waals surface area contributed by atoms with Crippen LogP contribution in [0.15, 0.2) is 53.6 Å². The number of carbonyl (C=O) groups excluding carboxylic acids is 1. The van der Waals surface area contributed by atoms with E-state index in [1.165, 1.54) is 13.0 Å². The third-order valence-electron chi connectivity index (χ3n) is 7.05. The van der Waals surface area contributed by atoms with Crippen molar-refractivity contribution in [3.05, 3.63) is 59.1 Å². The molecular formula is C27H29F4N6O7PS. The van der Waals surface area contributed by atoms with E-state index >= 15 is 8.78 Å². The van der Waals surface area contributed by atoms with Crippen molar-refractivity contribution < 1.29 is 46.0 Å². The Morgan fingerprint density at radius 2 is 1.93 bits per heavy atom. The number of hydrogen-bond donors (Lipinski definition) is 4. The number of aromatic amines is 1. The van der Waals surface area contributed by atoms with Gasteiger partial charge in [0.2, 0.25) is 12.2 Å². The number of rotatable bonds is 11. The molecule has 4 aromatic rings. The molecule has 1 fully saturated rings. The van der Waals surface area contributed by atoms with Crippen molar-refractivity contribution in [3.63, 3.8) is 0 Å². The second kappa shape index (κ2) is 12.5. The van der Waals surface area contributed by atoms with Crippen LogP contribution < -0.4 is 20.9 Å². The number of carbonyl (C=O) groups is 1. The van der Waals surface area contributed by atoms with Crippen molar-refractivity contribution in [2.24, 2.45) is 0 Å². The monoisotopic (exact) mass is 688 g/mol. The molecule has 0 bridgehead atoms. The number of imidazole rings is 1. The Morgan fingerprint density at radius 1 is 1.24 bits per heavy atom. The van der Waals surface area contributed by atoms with Gasteiger partial charge < -0.3 is 29.4 Å². The van der Waals surface area contributed by atoms with Crippen LogP contribution in [0.4, 0.5) is 23.5 Å². The summed E-state index contributed by atoms with van der Waals surface area (Å²) in [5.74, 6) is -5.52. The van der Waals surface area contributed by atoms with E-state index in [9.17, 15) is 23.5 Å². The number of halogens is 4. The van der Waals surface area contributed by atoms with Gasteiger partial charge in [0.15, 0.2) is 22.9 Å². The molecule has 5 atom stereocenters. The lowest BCUT2D eigenvalue weighted by molar-refractivity contribution is -0.191. The summed E-state index contributed by atoms with van der Waals surface area (Å²) >= 11 is 5.62. The Bertz CT molecular complexity index is 1870. The molecule has 1 aliphatic rings. The number of nitrogens with two attached hydrogens (primary N) is 1. The van der Waals surface area contributed by atoms with Crippen LogP contribution in [-0.4, -0.2) is 73.4 Å². The zero-order chi connectivity index (χ0) is 33.6. The van der Waals surface area contributed by atoms with Crippen LogP contribution in [0.5, 0.6) is 5.75 Å². The molecule has 13 nitrogen and oxygen atoms in total. The van der Waals surface area contributed by atoms with Crippen molar-refractivity contribution in [1.29, 1.82) is 0 Å². The van der Waals surface area contributed by atoms with Crippen molar-refractivity contribution in [1.82, 2.24) is 24.6 Å². The Morgan fingerprint density at radius 3 is 2.63 bits per heavy atom. The molecule has 0 aliphatic carbocycles. The van der Waals surface area contributed by atoms with Crippen LogP contribution in [0.25, 0.3) is 21.9 Å². The molecule has 3 heterocycles. The largest absolute Gasteiger partial charge is 0.462 e. The summed E-state index contributed by atoms with van der Waals surface area (Å²) in [6.07, 6.45) is -9.39. The van der Waals surface area contributed by atoms with E-state index in [2.05, 4.69) is 20.0 Å². The maximum Gasteiger partial charge on any atom is 0.323 e. The topological polar surface area (TPSA) is 176 Å². The number of alkyl halides is 4. The summed E-state index contributed by atoms with van der Waals surface area (Å²) in [6.45, 7) is -0.970. The number of aliphatic hydroxyl groups excluding tert-OH is 1. The van der Waals surface area contributed by atoms with E-state index in [0.717, 1.165) is 11.7 Å². The van der Waals surface area contributed by atoms with Crippen LogP contribution >= 0.6 is 6.64 Å². The molecule has 1 unspecified atom stereocenters. The lowest BCUT2D eigenvalue weighted by Gasteiger charge is -2.34. The van der Waals surface area contributed by atoms with Gasteiger partial charge in [-0.25, -0.2) is 18.9 Å². The highest BCUT2D eigenvalue weighted by molar-refractivity contribution is 8.09. The molecule has 0 saturated carbocycles. The SMILES string of the molecule is CC(C)OC(=O)[C@H](C)NP(=S)(OC[C@@]1(C(F)F)O[C@@H](n2cnc3c(=O)[nH]c(N)nc32)C(F)(F)[C@@H]1O)Oc1cccc2ccccc12. The van der Waals surface area contributed by atoms with E-state index in [-0.39, 0.29) is 5.75 Å². The molecule has 5 rings (SSSR count). The number of aromatic nitrogens is 4. The fourth-order valence-corrected chi connectivity index (χ4v) is 7.24. The fraction of sp³-hybridized carbons (Fsp3) is 0.407. The van der Waals surface area contributed by atoms with Crippen LogP contribution in [-0.2, 0) is 30.6 Å². The summed E-state index contributed by atoms with van der Waals surface area (Å²) in [4.78, 5) is 34.5. The molecule has 2 aromatic heterocycles. The van der Waals surface area contributed by atoms with Crippen molar-refractivity contribution in [2.45, 2.75) is 63.2 Å². The second-order valence-electron chi connectivity index (χ2n) is 10.8. The molecule has 46 heavy (non-hydrogen) atoms. The number of nitrogen functional groups attached to an aromatic ring is 1. The van der Waals surface area contributed by atoms with Gasteiger partial charge in [0.1, 0.15) is 11.8 Å². The highest BCUT2D eigenvalue weighted by Crippen LogP contribution is 2.54. The van der Waals surface area contributed by atoms with Gasteiger partial charge in [-0.2, -0.15) is 13.8 Å². The number of fused-ring (bicyclic) bond motifs is 2. The Kier molecular flexibility index (Phi) is 9.15. The first-order chi connectivity index (χ1) is 21.6. The lowest BCUT2D eigenvalue weighted by atomic mass is 9.96. The highest BCUT2D eigenvalue weighted by Gasteiger charge is 2.71. The van der Waals surface area contributed by atoms with Gasteiger partial charge in [-0.05, 0) is 44.0 Å². The minimum atomic E-state index is -4.41. The van der Waals surface area contributed by atoms with Crippen molar-refractivity contribution in [3.8, 4) is 5.75 Å². The number of anilines is 1. The van der Waals surface area contributed by atoms with E-state index in [0.29, 0.717) is 9.95 Å². The number of aliphatic hydroxyl groups is 1. The summed E-state index contributed by atoms with van der Waals surface area (Å²) in [5, 5.41) is 14.7. The fourth-order valence-electron chi connectivity index (χ4n) is 4.82. The summed E-state index contributed by atoms with van der Waals surface area (Å²) in [5.41, 5.74) is 0.327. The number of nitrogens with zero attached hydrogens (tertiary/aromatic N) is 3. The number of ether oxygens (including phenoxy) is 2. The lowest BCUT2D eigenvalue weighted by Crippen LogP contribution is -2.54. The van der Waals surface area contributed by atoms with E-state index in [4.69, 9.17) is 36.1 Å². The number of H-pyrrole nitrogens is 1. The van der Waals surface area contributed by atoms with Gasteiger partial charge in [0.25, 0.3) is 12.0 Å². The van der Waals surface area contributed by atoms with Crippen molar-refractivity contribution >= 4 is 52.3 Å². The minimum absolute atomic E-state index is 0.138. The van der Waals surface area contributed by atoms with Crippen LogP contribution in [0, 0.1) is 0 Å². The highest BCUT2D eigenvalue weighted by atomic mass is 32.5.